The van der Waals surface area contributed by atoms with Crippen molar-refractivity contribution in [1.82, 2.24) is 0 Å². The maximum absolute atomic E-state index is 11.3. The number of anilines is 3. The minimum absolute atomic E-state index is 0.0136. The van der Waals surface area contributed by atoms with E-state index in [9.17, 15) is 4.79 Å². The van der Waals surface area contributed by atoms with Gasteiger partial charge in [-0.25, -0.2) is 0 Å². The average Bonchev–Trinajstić information content (AvgIpc) is 2.46. The lowest BCUT2D eigenvalue weighted by molar-refractivity contribution is -0.118. The van der Waals surface area contributed by atoms with Crippen LogP contribution >= 0.6 is 11.6 Å². The van der Waals surface area contributed by atoms with Gasteiger partial charge in [-0.05, 0) is 17.7 Å². The summed E-state index contributed by atoms with van der Waals surface area (Å²) in [7, 11) is 0. The Bertz CT molecular complexity index is 703. The van der Waals surface area contributed by atoms with Crippen LogP contribution < -0.4 is 21.1 Å². The Hall–Kier alpha value is -2.40. The van der Waals surface area contributed by atoms with E-state index in [1.165, 1.54) is 0 Å². The van der Waals surface area contributed by atoms with E-state index in [0.717, 1.165) is 16.9 Å². The minimum Gasteiger partial charge on any atom is -0.482 e. The van der Waals surface area contributed by atoms with Gasteiger partial charge in [0.1, 0.15) is 5.75 Å². The van der Waals surface area contributed by atoms with Gasteiger partial charge in [0, 0.05) is 18.3 Å². The molecule has 0 aromatic heterocycles. The summed E-state index contributed by atoms with van der Waals surface area (Å²) in [6.45, 7) is 0.567. The van der Waals surface area contributed by atoms with E-state index in [1.807, 2.05) is 24.3 Å². The van der Waals surface area contributed by atoms with Gasteiger partial charge in [-0.2, -0.15) is 0 Å². The molecule has 0 saturated heterocycles. The fourth-order valence-corrected chi connectivity index (χ4v) is 2.35. The first kappa shape index (κ1) is 13.6. The Morgan fingerprint density at radius 1 is 1.33 bits per heavy atom. The molecule has 2 aromatic carbocycles. The van der Waals surface area contributed by atoms with E-state index in [2.05, 4.69) is 10.6 Å². The van der Waals surface area contributed by atoms with Gasteiger partial charge >= 0.3 is 0 Å². The van der Waals surface area contributed by atoms with Crippen LogP contribution in [-0.4, -0.2) is 12.5 Å². The highest BCUT2D eigenvalue weighted by molar-refractivity contribution is 6.33. The van der Waals surface area contributed by atoms with Crippen molar-refractivity contribution < 1.29 is 9.53 Å². The molecule has 0 spiro atoms. The highest BCUT2D eigenvalue weighted by atomic mass is 35.5. The molecule has 6 heteroatoms. The first-order valence-corrected chi connectivity index (χ1v) is 6.85. The molecule has 0 atom stereocenters. The Kier molecular flexibility index (Phi) is 3.58. The minimum atomic E-state index is -0.184. The van der Waals surface area contributed by atoms with Crippen molar-refractivity contribution in [3.63, 3.8) is 0 Å². The number of carbonyl (C=O) groups is 1. The SMILES string of the molecule is Nc1ccccc1CNc1cc2c(cc1Cl)NC(=O)CO2. The molecule has 5 nitrogen and oxygen atoms in total. The standard InChI is InChI=1S/C15H14ClN3O2/c16-10-5-13-14(21-8-15(20)19-13)6-12(10)18-7-9-3-1-2-4-11(9)17/h1-6,18H,7-8,17H2,(H,19,20). The van der Waals surface area contributed by atoms with Crippen LogP contribution in [0.4, 0.5) is 17.1 Å². The quantitative estimate of drug-likeness (QED) is 0.762. The summed E-state index contributed by atoms with van der Waals surface area (Å²) in [6, 6.07) is 11.1. The number of nitrogens with one attached hydrogen (secondary N) is 2. The largest absolute Gasteiger partial charge is 0.482 e. The van der Waals surface area contributed by atoms with E-state index in [0.29, 0.717) is 23.0 Å². The zero-order valence-corrected chi connectivity index (χ0v) is 11.9. The highest BCUT2D eigenvalue weighted by Crippen LogP contribution is 2.36. The number of ether oxygens (including phenoxy) is 1. The summed E-state index contributed by atoms with van der Waals surface area (Å²) in [4.78, 5) is 11.3. The van der Waals surface area contributed by atoms with E-state index < -0.39 is 0 Å². The predicted octanol–water partition coefficient (Wildman–Crippen LogP) is 2.87. The van der Waals surface area contributed by atoms with Gasteiger partial charge in [-0.3, -0.25) is 4.79 Å². The number of para-hydroxylation sites is 1. The topological polar surface area (TPSA) is 76.4 Å². The van der Waals surface area contributed by atoms with Crippen molar-refractivity contribution >= 4 is 34.6 Å². The van der Waals surface area contributed by atoms with Crippen molar-refractivity contribution in [1.29, 1.82) is 0 Å². The van der Waals surface area contributed by atoms with Gasteiger partial charge in [0.15, 0.2) is 6.61 Å². The Balaban J connectivity index is 1.80. The second-order valence-electron chi connectivity index (χ2n) is 4.72. The highest BCUT2D eigenvalue weighted by Gasteiger charge is 2.18. The maximum atomic E-state index is 11.3. The lowest BCUT2D eigenvalue weighted by Crippen LogP contribution is -2.25. The monoisotopic (exact) mass is 303 g/mol. The van der Waals surface area contributed by atoms with Gasteiger partial charge in [0.2, 0.25) is 0 Å². The number of halogens is 1. The molecular weight excluding hydrogens is 290 g/mol. The van der Waals surface area contributed by atoms with Crippen LogP contribution in [0.1, 0.15) is 5.56 Å². The molecular formula is C15H14ClN3O2. The van der Waals surface area contributed by atoms with E-state index in [-0.39, 0.29) is 12.5 Å². The van der Waals surface area contributed by atoms with Crippen LogP contribution in [0.25, 0.3) is 0 Å². The zero-order chi connectivity index (χ0) is 14.8. The molecule has 108 valence electrons. The van der Waals surface area contributed by atoms with Gasteiger partial charge in [0.25, 0.3) is 5.91 Å². The van der Waals surface area contributed by atoms with Crippen molar-refractivity contribution in [2.75, 3.05) is 23.0 Å². The van der Waals surface area contributed by atoms with Crippen LogP contribution in [-0.2, 0) is 11.3 Å². The first-order chi connectivity index (χ1) is 10.1. The summed E-state index contributed by atoms with van der Waals surface area (Å²) >= 11 is 6.21. The first-order valence-electron chi connectivity index (χ1n) is 6.47. The van der Waals surface area contributed by atoms with Crippen molar-refractivity contribution in [3.8, 4) is 5.75 Å². The summed E-state index contributed by atoms with van der Waals surface area (Å²) in [5.41, 5.74) is 8.93. The van der Waals surface area contributed by atoms with Crippen LogP contribution in [0, 0.1) is 0 Å². The molecule has 3 rings (SSSR count). The fraction of sp³-hybridized carbons (Fsp3) is 0.133. The molecule has 0 saturated carbocycles. The number of nitrogen functional groups attached to an aromatic ring is 1. The summed E-state index contributed by atoms with van der Waals surface area (Å²) in [6.07, 6.45) is 0. The van der Waals surface area contributed by atoms with Crippen molar-refractivity contribution in [2.24, 2.45) is 0 Å². The molecule has 0 unspecified atom stereocenters. The normalized spacial score (nSPS) is 13.1. The number of rotatable bonds is 3. The second kappa shape index (κ2) is 5.54. The molecule has 4 N–H and O–H groups in total. The van der Waals surface area contributed by atoms with Crippen LogP contribution in [0.3, 0.4) is 0 Å². The smallest absolute Gasteiger partial charge is 0.262 e. The van der Waals surface area contributed by atoms with Crippen molar-refractivity contribution in [2.45, 2.75) is 6.54 Å². The molecule has 0 fully saturated rings. The third-order valence-electron chi connectivity index (χ3n) is 3.23. The molecule has 1 amide bonds. The van der Waals surface area contributed by atoms with Gasteiger partial charge < -0.3 is 21.1 Å². The molecule has 1 heterocycles. The molecule has 2 aromatic rings. The molecule has 21 heavy (non-hydrogen) atoms. The predicted molar refractivity (Wildman–Crippen MR) is 83.8 cm³/mol. The third kappa shape index (κ3) is 2.87. The molecule has 0 radical (unpaired) electrons. The van der Waals surface area contributed by atoms with Gasteiger partial charge in [-0.15, -0.1) is 0 Å². The number of hydrogen-bond acceptors (Lipinski definition) is 4. The number of amides is 1. The number of benzene rings is 2. The maximum Gasteiger partial charge on any atom is 0.262 e. The number of carbonyl (C=O) groups excluding carboxylic acids is 1. The third-order valence-corrected chi connectivity index (χ3v) is 3.54. The fourth-order valence-electron chi connectivity index (χ4n) is 2.12. The summed E-state index contributed by atoms with van der Waals surface area (Å²) in [5.74, 6) is 0.416. The van der Waals surface area contributed by atoms with E-state index in [1.54, 1.807) is 12.1 Å². The molecule has 1 aliphatic heterocycles. The van der Waals surface area contributed by atoms with E-state index >= 15 is 0 Å². The van der Waals surface area contributed by atoms with Crippen molar-refractivity contribution in [3.05, 3.63) is 47.0 Å². The molecule has 0 aliphatic carbocycles. The Morgan fingerprint density at radius 3 is 2.95 bits per heavy atom. The van der Waals surface area contributed by atoms with Crippen LogP contribution in [0.15, 0.2) is 36.4 Å². The lowest BCUT2D eigenvalue weighted by Gasteiger charge is -2.20. The van der Waals surface area contributed by atoms with Gasteiger partial charge in [0.05, 0.1) is 16.4 Å². The zero-order valence-electron chi connectivity index (χ0n) is 11.2. The summed E-state index contributed by atoms with van der Waals surface area (Å²) < 4.78 is 5.37. The van der Waals surface area contributed by atoms with Gasteiger partial charge in [-0.1, -0.05) is 29.8 Å². The number of nitrogens with two attached hydrogens (primary N) is 1. The molecule has 0 bridgehead atoms. The lowest BCUT2D eigenvalue weighted by atomic mass is 10.1. The van der Waals surface area contributed by atoms with Crippen LogP contribution in [0.2, 0.25) is 5.02 Å². The number of hydrogen-bond donors (Lipinski definition) is 3. The summed E-state index contributed by atoms with van der Waals surface area (Å²) in [5, 5.41) is 6.45. The van der Waals surface area contributed by atoms with E-state index in [4.69, 9.17) is 22.1 Å². The Morgan fingerprint density at radius 2 is 2.14 bits per heavy atom. The number of fused-ring (bicyclic) bond motifs is 1. The Labute approximate surface area is 127 Å². The molecule has 1 aliphatic rings. The average molecular weight is 304 g/mol. The van der Waals surface area contributed by atoms with Crippen LogP contribution in [0.5, 0.6) is 5.75 Å². The second-order valence-corrected chi connectivity index (χ2v) is 5.12.